The average Bonchev–Trinajstić information content (AvgIpc) is 3.22. The van der Waals surface area contributed by atoms with Crippen molar-refractivity contribution >= 4 is 5.78 Å². The maximum absolute atomic E-state index is 14.4. The quantitative estimate of drug-likeness (QED) is 0.175. The fourth-order valence-electron chi connectivity index (χ4n) is 7.37. The van der Waals surface area contributed by atoms with Crippen LogP contribution in [0.4, 0.5) is 0 Å². The summed E-state index contributed by atoms with van der Waals surface area (Å²) in [5.41, 5.74) is 17.3. The Morgan fingerprint density at radius 3 is 0.824 bits per heavy atom. The lowest BCUT2D eigenvalue weighted by atomic mass is 9.82. The van der Waals surface area contributed by atoms with Crippen molar-refractivity contribution in [3.05, 3.63) is 216 Å². The van der Waals surface area contributed by atoms with Crippen LogP contribution in [0.1, 0.15) is 27.0 Å². The topological polar surface area (TPSA) is 17.1 Å². The van der Waals surface area contributed by atoms with E-state index in [2.05, 4.69) is 170 Å². The minimum Gasteiger partial charge on any atom is -0.289 e. The van der Waals surface area contributed by atoms with Crippen LogP contribution in [0.2, 0.25) is 0 Å². The molecule has 0 atom stereocenters. The van der Waals surface area contributed by atoms with Gasteiger partial charge >= 0.3 is 0 Å². The zero-order chi connectivity index (χ0) is 34.1. The molecule has 8 aromatic carbocycles. The fourth-order valence-corrected chi connectivity index (χ4v) is 7.37. The molecule has 1 nitrogen and oxygen atoms in total. The van der Waals surface area contributed by atoms with Gasteiger partial charge in [0.2, 0.25) is 0 Å². The molecule has 1 aliphatic rings. The van der Waals surface area contributed by atoms with E-state index in [4.69, 9.17) is 0 Å². The first-order valence-electron chi connectivity index (χ1n) is 17.5. The van der Waals surface area contributed by atoms with E-state index in [0.29, 0.717) is 0 Å². The van der Waals surface area contributed by atoms with Crippen molar-refractivity contribution in [1.29, 1.82) is 0 Å². The summed E-state index contributed by atoms with van der Waals surface area (Å²) in [4.78, 5) is 14.4. The van der Waals surface area contributed by atoms with Gasteiger partial charge in [-0.3, -0.25) is 4.79 Å². The van der Waals surface area contributed by atoms with Crippen molar-refractivity contribution < 1.29 is 4.79 Å². The molecule has 0 spiro atoms. The van der Waals surface area contributed by atoms with Crippen LogP contribution in [-0.4, -0.2) is 5.78 Å². The van der Waals surface area contributed by atoms with Gasteiger partial charge in [0.1, 0.15) is 0 Å². The number of benzene rings is 8. The smallest absolute Gasteiger partial charge is 0.193 e. The predicted octanol–water partition coefficient (Wildman–Crippen LogP) is 12.8. The van der Waals surface area contributed by atoms with Gasteiger partial charge in [-0.25, -0.2) is 0 Å². The molecular weight excluding hydrogens is 617 g/mol. The van der Waals surface area contributed by atoms with Crippen molar-refractivity contribution in [3.63, 3.8) is 0 Å². The summed E-state index contributed by atoms with van der Waals surface area (Å²) in [7, 11) is 0. The maximum Gasteiger partial charge on any atom is 0.193 e. The van der Waals surface area contributed by atoms with Gasteiger partial charge in [-0.1, -0.05) is 146 Å². The minimum absolute atomic E-state index is 0.0833. The fraction of sp³-hybridized carbons (Fsp3) is 0.0200. The van der Waals surface area contributed by atoms with Crippen molar-refractivity contribution in [2.75, 3.05) is 0 Å². The molecule has 0 bridgehead atoms. The van der Waals surface area contributed by atoms with Crippen LogP contribution in [0, 0.1) is 0 Å². The molecule has 1 aliphatic carbocycles. The Labute approximate surface area is 299 Å². The van der Waals surface area contributed by atoms with Gasteiger partial charge < -0.3 is 0 Å². The number of hydrogen-bond donors (Lipinski definition) is 0. The van der Waals surface area contributed by atoms with Crippen molar-refractivity contribution in [1.82, 2.24) is 0 Å². The van der Waals surface area contributed by atoms with Crippen LogP contribution in [0.3, 0.4) is 0 Å². The van der Waals surface area contributed by atoms with E-state index < -0.39 is 0 Å². The van der Waals surface area contributed by atoms with E-state index >= 15 is 0 Å². The molecule has 9 rings (SSSR count). The van der Waals surface area contributed by atoms with E-state index in [1.807, 2.05) is 24.3 Å². The lowest BCUT2D eigenvalue weighted by molar-refractivity contribution is 0.103. The molecule has 240 valence electrons. The number of hydrogen-bond acceptors (Lipinski definition) is 1. The Kier molecular flexibility index (Phi) is 7.80. The number of ketones is 1. The van der Waals surface area contributed by atoms with Gasteiger partial charge in [0.05, 0.1) is 0 Å². The molecule has 1 heteroatoms. The van der Waals surface area contributed by atoms with E-state index in [1.165, 1.54) is 22.3 Å². The van der Waals surface area contributed by atoms with E-state index in [-0.39, 0.29) is 5.78 Å². The van der Waals surface area contributed by atoms with Gasteiger partial charge in [-0.05, 0) is 133 Å². The molecule has 0 aliphatic heterocycles. The molecule has 0 fully saturated rings. The van der Waals surface area contributed by atoms with Crippen LogP contribution in [0.25, 0.3) is 66.8 Å². The minimum atomic E-state index is 0.0833. The van der Waals surface area contributed by atoms with E-state index in [0.717, 1.165) is 73.2 Å². The molecule has 0 N–H and O–H groups in total. The second-order valence-corrected chi connectivity index (χ2v) is 13.3. The van der Waals surface area contributed by atoms with E-state index in [1.54, 1.807) is 0 Å². The van der Waals surface area contributed by atoms with Crippen LogP contribution < -0.4 is 0 Å². The molecule has 0 saturated heterocycles. The monoisotopic (exact) mass is 650 g/mol. The molecule has 0 heterocycles. The number of carbonyl (C=O) groups is 1. The first-order valence-corrected chi connectivity index (χ1v) is 17.5. The Hall–Kier alpha value is -6.57. The predicted molar refractivity (Wildman–Crippen MR) is 212 cm³/mol. The molecular formula is C50H34O. The molecule has 51 heavy (non-hydrogen) atoms. The zero-order valence-corrected chi connectivity index (χ0v) is 28.1. The Bertz CT molecular complexity index is 2240. The van der Waals surface area contributed by atoms with E-state index in [9.17, 15) is 4.79 Å². The first kappa shape index (κ1) is 30.5. The number of fused-ring (bicyclic) bond motifs is 2. The summed E-state index contributed by atoms with van der Waals surface area (Å²) in [6.07, 6.45) is 0.732. The van der Waals surface area contributed by atoms with Crippen LogP contribution >= 0.6 is 0 Å². The highest BCUT2D eigenvalue weighted by Crippen LogP contribution is 2.38. The van der Waals surface area contributed by atoms with Crippen LogP contribution in [0.5, 0.6) is 0 Å². The number of rotatable bonds is 6. The third kappa shape index (κ3) is 6.00. The third-order valence-electron chi connectivity index (χ3n) is 10.1. The normalized spacial score (nSPS) is 11.9. The van der Waals surface area contributed by atoms with Gasteiger partial charge in [0.15, 0.2) is 5.78 Å². The average molecular weight is 651 g/mol. The Morgan fingerprint density at radius 2 is 0.529 bits per heavy atom. The summed E-state index contributed by atoms with van der Waals surface area (Å²) >= 11 is 0. The Balaban J connectivity index is 1.12. The van der Waals surface area contributed by atoms with Crippen LogP contribution in [0.15, 0.2) is 194 Å². The summed E-state index contributed by atoms with van der Waals surface area (Å²) in [6, 6.07) is 68.3. The second-order valence-electron chi connectivity index (χ2n) is 13.3. The standard InChI is InChI=1S/C50H34O/c51-50-48-32-38(46-28-42(34-13-5-1-6-14-34)26-43(29-46)35-15-7-2-8-16-35)21-23-40(48)25-41-24-22-39(33-49(41)50)47-30-44(36-17-9-3-10-18-36)27-45(31-47)37-19-11-4-12-20-37/h1-24,26-33H,25H2. The zero-order valence-electron chi connectivity index (χ0n) is 28.1. The maximum atomic E-state index is 14.4. The second kappa shape index (κ2) is 13.0. The van der Waals surface area contributed by atoms with Gasteiger partial charge in [0, 0.05) is 11.1 Å². The largest absolute Gasteiger partial charge is 0.289 e. The summed E-state index contributed by atoms with van der Waals surface area (Å²) < 4.78 is 0. The summed E-state index contributed by atoms with van der Waals surface area (Å²) in [5.74, 6) is 0.0833. The molecule has 0 amide bonds. The molecule has 0 unspecified atom stereocenters. The highest BCUT2D eigenvalue weighted by molar-refractivity contribution is 6.13. The molecule has 0 radical (unpaired) electrons. The van der Waals surface area contributed by atoms with Gasteiger partial charge in [0.25, 0.3) is 0 Å². The summed E-state index contributed by atoms with van der Waals surface area (Å²) in [6.45, 7) is 0. The lowest BCUT2D eigenvalue weighted by Gasteiger charge is -2.21. The lowest BCUT2D eigenvalue weighted by Crippen LogP contribution is -2.15. The van der Waals surface area contributed by atoms with Crippen molar-refractivity contribution in [3.8, 4) is 66.8 Å². The van der Waals surface area contributed by atoms with Crippen molar-refractivity contribution in [2.45, 2.75) is 6.42 Å². The molecule has 0 aromatic heterocycles. The molecule has 8 aromatic rings. The third-order valence-corrected chi connectivity index (χ3v) is 10.1. The van der Waals surface area contributed by atoms with Crippen LogP contribution in [-0.2, 0) is 6.42 Å². The summed E-state index contributed by atoms with van der Waals surface area (Å²) in [5, 5.41) is 0. The molecule has 0 saturated carbocycles. The first-order chi connectivity index (χ1) is 25.2. The van der Waals surface area contributed by atoms with Crippen molar-refractivity contribution in [2.24, 2.45) is 0 Å². The highest BCUT2D eigenvalue weighted by Gasteiger charge is 2.25. The highest BCUT2D eigenvalue weighted by atomic mass is 16.1. The number of carbonyl (C=O) groups excluding carboxylic acids is 1. The SMILES string of the molecule is O=C1c2cc(-c3cc(-c4ccccc4)cc(-c4ccccc4)c3)ccc2Cc2ccc(-c3cc(-c4ccccc4)cc(-c4ccccc4)c3)cc21. The van der Waals surface area contributed by atoms with Gasteiger partial charge in [-0.15, -0.1) is 0 Å². The Morgan fingerprint density at radius 1 is 0.255 bits per heavy atom. The van der Waals surface area contributed by atoms with Gasteiger partial charge in [-0.2, -0.15) is 0 Å².